The van der Waals surface area contributed by atoms with E-state index in [0.29, 0.717) is 0 Å². The highest BCUT2D eigenvalue weighted by atomic mass is 15.1. The van der Waals surface area contributed by atoms with Gasteiger partial charge in [-0.05, 0) is 63.2 Å². The van der Waals surface area contributed by atoms with E-state index < -0.39 is 0 Å². The van der Waals surface area contributed by atoms with Crippen molar-refractivity contribution in [3.05, 3.63) is 48.8 Å². The molecule has 0 spiro atoms. The second-order valence-corrected chi connectivity index (χ2v) is 6.48. The van der Waals surface area contributed by atoms with Crippen LogP contribution in [0.25, 0.3) is 22.3 Å². The highest BCUT2D eigenvalue weighted by Gasteiger charge is 2.11. The zero-order chi connectivity index (χ0) is 16.9. The van der Waals surface area contributed by atoms with Crippen molar-refractivity contribution >= 4 is 16.7 Å². The van der Waals surface area contributed by atoms with Gasteiger partial charge in [0.25, 0.3) is 0 Å². The van der Waals surface area contributed by atoms with Crippen LogP contribution in [-0.4, -0.2) is 46.0 Å². The standard InChI is InChI=1S/C20H23N5/c1-2-7-18-17(6-1)20(22-10-5-15-25-13-3-4-14-25)24-19(23-18)16-8-11-21-12-9-16/h1-2,6-9,11-12H,3-5,10,13-15H2,(H,22,23,24). The highest BCUT2D eigenvalue weighted by molar-refractivity contribution is 5.90. The average molecular weight is 333 g/mol. The zero-order valence-electron chi connectivity index (χ0n) is 14.4. The number of aromatic nitrogens is 3. The van der Waals surface area contributed by atoms with Crippen molar-refractivity contribution in [3.63, 3.8) is 0 Å². The van der Waals surface area contributed by atoms with E-state index in [1.807, 2.05) is 30.3 Å². The fourth-order valence-electron chi connectivity index (χ4n) is 3.36. The number of nitrogens with one attached hydrogen (secondary N) is 1. The molecule has 0 aliphatic carbocycles. The van der Waals surface area contributed by atoms with Crippen molar-refractivity contribution in [3.8, 4) is 11.4 Å². The molecule has 128 valence electrons. The van der Waals surface area contributed by atoms with Crippen molar-refractivity contribution in [2.24, 2.45) is 0 Å². The molecule has 1 aliphatic rings. The van der Waals surface area contributed by atoms with E-state index in [-0.39, 0.29) is 0 Å². The lowest BCUT2D eigenvalue weighted by atomic mass is 10.2. The summed E-state index contributed by atoms with van der Waals surface area (Å²) in [7, 11) is 0. The van der Waals surface area contributed by atoms with Crippen LogP contribution in [0.3, 0.4) is 0 Å². The van der Waals surface area contributed by atoms with Gasteiger partial charge in [0, 0.05) is 29.9 Å². The molecule has 5 nitrogen and oxygen atoms in total. The number of rotatable bonds is 6. The number of likely N-dealkylation sites (tertiary alicyclic amines) is 1. The van der Waals surface area contributed by atoms with Crippen molar-refractivity contribution in [1.29, 1.82) is 0 Å². The van der Waals surface area contributed by atoms with Crippen LogP contribution >= 0.6 is 0 Å². The highest BCUT2D eigenvalue weighted by Crippen LogP contribution is 2.24. The Bertz CT molecular complexity index is 828. The fraction of sp³-hybridized carbons (Fsp3) is 0.350. The summed E-state index contributed by atoms with van der Waals surface area (Å²) in [5.74, 6) is 1.65. The fourth-order valence-corrected chi connectivity index (χ4v) is 3.36. The van der Waals surface area contributed by atoms with Gasteiger partial charge >= 0.3 is 0 Å². The van der Waals surface area contributed by atoms with E-state index in [2.05, 4.69) is 21.3 Å². The maximum Gasteiger partial charge on any atom is 0.162 e. The van der Waals surface area contributed by atoms with E-state index in [1.54, 1.807) is 12.4 Å². The van der Waals surface area contributed by atoms with Gasteiger partial charge in [-0.15, -0.1) is 0 Å². The number of hydrogen-bond donors (Lipinski definition) is 1. The molecule has 25 heavy (non-hydrogen) atoms. The summed E-state index contributed by atoms with van der Waals surface area (Å²) in [6.07, 6.45) is 7.37. The molecule has 0 bridgehead atoms. The van der Waals surface area contributed by atoms with Gasteiger partial charge in [-0.1, -0.05) is 12.1 Å². The van der Waals surface area contributed by atoms with Crippen LogP contribution in [0.1, 0.15) is 19.3 Å². The van der Waals surface area contributed by atoms with Crippen LogP contribution in [0.5, 0.6) is 0 Å². The first-order valence-corrected chi connectivity index (χ1v) is 9.03. The predicted molar refractivity (Wildman–Crippen MR) is 102 cm³/mol. The van der Waals surface area contributed by atoms with Gasteiger partial charge in [-0.3, -0.25) is 4.98 Å². The summed E-state index contributed by atoms with van der Waals surface area (Å²) < 4.78 is 0. The van der Waals surface area contributed by atoms with Crippen molar-refractivity contribution in [2.75, 3.05) is 31.5 Å². The molecule has 5 heteroatoms. The lowest BCUT2D eigenvalue weighted by molar-refractivity contribution is 0.337. The minimum atomic E-state index is 0.739. The minimum absolute atomic E-state index is 0.739. The van der Waals surface area contributed by atoms with E-state index in [9.17, 15) is 0 Å². The third-order valence-electron chi connectivity index (χ3n) is 4.68. The maximum absolute atomic E-state index is 4.78. The molecule has 1 aromatic carbocycles. The lowest BCUT2D eigenvalue weighted by Crippen LogP contribution is -2.22. The summed E-state index contributed by atoms with van der Waals surface area (Å²) in [6, 6.07) is 12.1. The van der Waals surface area contributed by atoms with E-state index >= 15 is 0 Å². The molecular formula is C20H23N5. The number of fused-ring (bicyclic) bond motifs is 1. The van der Waals surface area contributed by atoms with E-state index in [1.165, 1.54) is 25.9 Å². The third-order valence-corrected chi connectivity index (χ3v) is 4.68. The monoisotopic (exact) mass is 333 g/mol. The second kappa shape index (κ2) is 7.57. The Labute approximate surface area is 148 Å². The average Bonchev–Trinajstić information content (AvgIpc) is 3.19. The molecule has 1 saturated heterocycles. The SMILES string of the molecule is c1ccc2c(NCCCN3CCCC3)nc(-c3ccncc3)nc2c1. The van der Waals surface area contributed by atoms with Gasteiger partial charge in [-0.25, -0.2) is 9.97 Å². The molecule has 0 saturated carbocycles. The first kappa shape index (κ1) is 16.0. The molecule has 3 heterocycles. The van der Waals surface area contributed by atoms with E-state index in [4.69, 9.17) is 9.97 Å². The van der Waals surface area contributed by atoms with Crippen LogP contribution in [0.15, 0.2) is 48.8 Å². The number of para-hydroxylation sites is 1. The number of pyridine rings is 1. The Kier molecular flexibility index (Phi) is 4.84. The van der Waals surface area contributed by atoms with Crippen LogP contribution in [0.4, 0.5) is 5.82 Å². The lowest BCUT2D eigenvalue weighted by Gasteiger charge is -2.15. The Morgan fingerprint density at radius 1 is 0.960 bits per heavy atom. The van der Waals surface area contributed by atoms with Gasteiger partial charge in [0.2, 0.25) is 0 Å². The van der Waals surface area contributed by atoms with Crippen LogP contribution < -0.4 is 5.32 Å². The molecule has 1 fully saturated rings. The molecule has 1 aliphatic heterocycles. The van der Waals surface area contributed by atoms with Crippen LogP contribution in [-0.2, 0) is 0 Å². The Morgan fingerprint density at radius 3 is 2.60 bits per heavy atom. The normalized spacial score (nSPS) is 14.9. The molecule has 2 aromatic heterocycles. The minimum Gasteiger partial charge on any atom is -0.369 e. The Balaban J connectivity index is 1.53. The van der Waals surface area contributed by atoms with Gasteiger partial charge < -0.3 is 10.2 Å². The largest absolute Gasteiger partial charge is 0.369 e. The summed E-state index contributed by atoms with van der Waals surface area (Å²) in [4.78, 5) is 16.1. The molecule has 0 atom stereocenters. The number of benzene rings is 1. The number of hydrogen-bond acceptors (Lipinski definition) is 5. The smallest absolute Gasteiger partial charge is 0.162 e. The summed E-state index contributed by atoms with van der Waals surface area (Å²) in [5, 5.41) is 4.60. The van der Waals surface area contributed by atoms with E-state index in [0.717, 1.165) is 47.6 Å². The summed E-state index contributed by atoms with van der Waals surface area (Å²) in [6.45, 7) is 4.59. The zero-order valence-corrected chi connectivity index (χ0v) is 14.4. The quantitative estimate of drug-likeness (QED) is 0.699. The molecule has 0 radical (unpaired) electrons. The van der Waals surface area contributed by atoms with Gasteiger partial charge in [-0.2, -0.15) is 0 Å². The molecule has 4 rings (SSSR count). The Hall–Kier alpha value is -2.53. The van der Waals surface area contributed by atoms with Crippen molar-refractivity contribution < 1.29 is 0 Å². The van der Waals surface area contributed by atoms with Crippen LogP contribution in [0.2, 0.25) is 0 Å². The van der Waals surface area contributed by atoms with Gasteiger partial charge in [0.15, 0.2) is 5.82 Å². The van der Waals surface area contributed by atoms with Gasteiger partial charge in [0.05, 0.1) is 5.52 Å². The number of anilines is 1. The third kappa shape index (κ3) is 3.77. The summed E-state index contributed by atoms with van der Waals surface area (Å²) in [5.41, 5.74) is 1.95. The Morgan fingerprint density at radius 2 is 1.76 bits per heavy atom. The molecule has 1 N–H and O–H groups in total. The molecule has 0 unspecified atom stereocenters. The van der Waals surface area contributed by atoms with Crippen LogP contribution in [0, 0.1) is 0 Å². The molecule has 3 aromatic rings. The van der Waals surface area contributed by atoms with Gasteiger partial charge in [0.1, 0.15) is 5.82 Å². The second-order valence-electron chi connectivity index (χ2n) is 6.48. The summed E-state index contributed by atoms with van der Waals surface area (Å²) >= 11 is 0. The molecular weight excluding hydrogens is 310 g/mol. The maximum atomic E-state index is 4.78. The molecule has 0 amide bonds. The van der Waals surface area contributed by atoms with Crippen molar-refractivity contribution in [1.82, 2.24) is 19.9 Å². The first-order chi connectivity index (χ1) is 12.4. The first-order valence-electron chi connectivity index (χ1n) is 9.03. The van der Waals surface area contributed by atoms with Crippen molar-refractivity contribution in [2.45, 2.75) is 19.3 Å². The topological polar surface area (TPSA) is 53.9 Å². The predicted octanol–water partition coefficient (Wildman–Crippen LogP) is 3.59. The number of nitrogens with zero attached hydrogens (tertiary/aromatic N) is 4.